The maximum atomic E-state index is 10.7. The fourth-order valence-electron chi connectivity index (χ4n) is 8.95. The molecule has 6 heteroatoms. The summed E-state index contributed by atoms with van der Waals surface area (Å²) in [6, 6.07) is 64.8. The van der Waals surface area contributed by atoms with Gasteiger partial charge in [-0.3, -0.25) is 0 Å². The first-order chi connectivity index (χ1) is 28.2. The highest BCUT2D eigenvalue weighted by molar-refractivity contribution is 6.13. The van der Waals surface area contributed by atoms with E-state index in [4.69, 9.17) is 0 Å². The Bertz CT molecular complexity index is 3580. The third-order valence-electron chi connectivity index (χ3n) is 11.3. The predicted molar refractivity (Wildman–Crippen MR) is 229 cm³/mol. The molecule has 0 amide bonds. The number of aromatic nitrogens is 3. The average molecular weight is 725 g/mol. The summed E-state index contributed by atoms with van der Waals surface area (Å²) in [5.74, 6) is 0. The van der Waals surface area contributed by atoms with Crippen molar-refractivity contribution in [1.82, 2.24) is 13.7 Å². The Morgan fingerprint density at radius 3 is 1.47 bits per heavy atom. The van der Waals surface area contributed by atoms with Crippen LogP contribution in [0.1, 0.15) is 16.7 Å². The number of para-hydroxylation sites is 5. The first kappa shape index (κ1) is 32.1. The van der Waals surface area contributed by atoms with Gasteiger partial charge in [-0.2, -0.15) is 15.8 Å². The number of nitrogens with zero attached hydrogens (tertiary/aromatic N) is 6. The summed E-state index contributed by atoms with van der Waals surface area (Å²) in [6.45, 7) is 0. The summed E-state index contributed by atoms with van der Waals surface area (Å²) in [6.07, 6.45) is 0. The van der Waals surface area contributed by atoms with Gasteiger partial charge in [0.05, 0.1) is 73.3 Å². The second-order valence-corrected chi connectivity index (χ2v) is 14.3. The van der Waals surface area contributed by atoms with Gasteiger partial charge in [-0.05, 0) is 78.9 Å². The van der Waals surface area contributed by atoms with Crippen molar-refractivity contribution in [1.29, 1.82) is 15.8 Å². The Labute approximate surface area is 326 Å². The SMILES string of the molecule is N#Cc1ccc2c(c1)c1ccccc1n2-c1ccc2c3cc(C#N)ccc3n(-c3ccccc3-c3cccc(C#N)c3-n3c4ccccc4c4ccccc43)c2c1. The van der Waals surface area contributed by atoms with Crippen LogP contribution in [0, 0.1) is 34.0 Å². The summed E-state index contributed by atoms with van der Waals surface area (Å²) in [5.41, 5.74) is 12.4. The topological polar surface area (TPSA) is 86.2 Å². The number of nitriles is 3. The fraction of sp³-hybridized carbons (Fsp3) is 0. The van der Waals surface area contributed by atoms with E-state index in [1.54, 1.807) is 0 Å². The number of rotatable bonds is 4. The van der Waals surface area contributed by atoms with Crippen molar-refractivity contribution in [2.45, 2.75) is 0 Å². The molecular weight excluding hydrogens is 697 g/mol. The molecule has 11 aromatic rings. The third kappa shape index (κ3) is 4.61. The van der Waals surface area contributed by atoms with E-state index in [1.807, 2.05) is 78.9 Å². The molecule has 0 aliphatic rings. The maximum absolute atomic E-state index is 10.7. The molecule has 0 saturated carbocycles. The van der Waals surface area contributed by atoms with Crippen LogP contribution in [0.5, 0.6) is 0 Å². The summed E-state index contributed by atoms with van der Waals surface area (Å²) in [4.78, 5) is 0. The number of hydrogen-bond acceptors (Lipinski definition) is 3. The Balaban J connectivity index is 1.23. The second kappa shape index (κ2) is 12.3. The second-order valence-electron chi connectivity index (χ2n) is 14.3. The van der Waals surface area contributed by atoms with Crippen molar-refractivity contribution in [3.63, 3.8) is 0 Å². The van der Waals surface area contributed by atoms with Crippen molar-refractivity contribution in [2.24, 2.45) is 0 Å². The molecule has 3 aromatic heterocycles. The normalized spacial score (nSPS) is 11.5. The molecule has 0 atom stereocenters. The van der Waals surface area contributed by atoms with Gasteiger partial charge in [-0.15, -0.1) is 0 Å². The van der Waals surface area contributed by atoms with Gasteiger partial charge in [0.25, 0.3) is 0 Å². The quantitative estimate of drug-likeness (QED) is 0.181. The van der Waals surface area contributed by atoms with E-state index < -0.39 is 0 Å². The van der Waals surface area contributed by atoms with Crippen LogP contribution in [-0.4, -0.2) is 13.7 Å². The summed E-state index contributed by atoms with van der Waals surface area (Å²) < 4.78 is 6.79. The van der Waals surface area contributed by atoms with E-state index in [2.05, 4.69) is 123 Å². The van der Waals surface area contributed by atoms with E-state index in [-0.39, 0.29) is 0 Å². The van der Waals surface area contributed by atoms with Crippen molar-refractivity contribution >= 4 is 65.4 Å². The van der Waals surface area contributed by atoms with Crippen molar-refractivity contribution < 1.29 is 0 Å². The average Bonchev–Trinajstić information content (AvgIpc) is 3.90. The number of hydrogen-bond donors (Lipinski definition) is 0. The molecule has 0 fully saturated rings. The molecule has 0 radical (unpaired) electrons. The zero-order valence-electron chi connectivity index (χ0n) is 30.3. The molecule has 0 saturated heterocycles. The molecule has 6 nitrogen and oxygen atoms in total. The van der Waals surface area contributed by atoms with E-state index >= 15 is 0 Å². The van der Waals surface area contributed by atoms with Crippen molar-refractivity contribution in [3.8, 4) is 46.4 Å². The summed E-state index contributed by atoms with van der Waals surface area (Å²) in [5, 5.41) is 36.8. The van der Waals surface area contributed by atoms with Crippen LogP contribution in [0.25, 0.3) is 93.6 Å². The van der Waals surface area contributed by atoms with Gasteiger partial charge in [0.1, 0.15) is 6.07 Å². The Kier molecular flexibility index (Phi) is 6.95. The highest BCUT2D eigenvalue weighted by Gasteiger charge is 2.23. The minimum Gasteiger partial charge on any atom is -0.309 e. The van der Waals surface area contributed by atoms with E-state index in [9.17, 15) is 15.8 Å². The lowest BCUT2D eigenvalue weighted by molar-refractivity contribution is 1.14. The fourth-order valence-corrected chi connectivity index (χ4v) is 8.95. The van der Waals surface area contributed by atoms with Gasteiger partial charge in [0.15, 0.2) is 0 Å². The summed E-state index contributed by atoms with van der Waals surface area (Å²) >= 11 is 0. The first-order valence-electron chi connectivity index (χ1n) is 18.7. The minimum atomic E-state index is 0.572. The standard InChI is InChI=1S/C51H28N6/c52-29-32-20-24-48-42(26-32)39-14-4-5-16-44(39)55(48)35-22-23-40-43-27-33(30-53)21-25-49(43)56(50(40)28-35)45-17-6-3-13-38(45)41-15-9-10-34(31-54)51(41)57-46-18-7-1-11-36(46)37-12-2-8-19-47(37)57/h1-28H. The number of fused-ring (bicyclic) bond motifs is 9. The zero-order valence-corrected chi connectivity index (χ0v) is 30.3. The molecule has 0 unspecified atom stereocenters. The maximum Gasteiger partial charge on any atom is 0.101 e. The van der Waals surface area contributed by atoms with E-state index in [0.717, 1.165) is 93.6 Å². The van der Waals surface area contributed by atoms with Gasteiger partial charge in [-0.1, -0.05) is 91.0 Å². The largest absolute Gasteiger partial charge is 0.309 e. The van der Waals surface area contributed by atoms with E-state index in [1.165, 1.54) is 0 Å². The van der Waals surface area contributed by atoms with Crippen LogP contribution in [-0.2, 0) is 0 Å². The van der Waals surface area contributed by atoms with Gasteiger partial charge in [-0.25, -0.2) is 0 Å². The van der Waals surface area contributed by atoms with Crippen molar-refractivity contribution in [2.75, 3.05) is 0 Å². The number of benzene rings is 8. The highest BCUT2D eigenvalue weighted by Crippen LogP contribution is 2.43. The smallest absolute Gasteiger partial charge is 0.101 e. The monoisotopic (exact) mass is 724 g/mol. The molecule has 0 aliphatic heterocycles. The zero-order chi connectivity index (χ0) is 38.2. The minimum absolute atomic E-state index is 0.572. The molecule has 262 valence electrons. The van der Waals surface area contributed by atoms with Gasteiger partial charge in [0, 0.05) is 49.1 Å². The first-order valence-corrected chi connectivity index (χ1v) is 18.7. The lowest BCUT2D eigenvalue weighted by atomic mass is 9.98. The lowest BCUT2D eigenvalue weighted by Gasteiger charge is -2.19. The Hall–Kier alpha value is -8.37. The molecule has 57 heavy (non-hydrogen) atoms. The molecule has 0 bridgehead atoms. The van der Waals surface area contributed by atoms with Crippen LogP contribution in [0.2, 0.25) is 0 Å². The van der Waals surface area contributed by atoms with Crippen LogP contribution in [0.3, 0.4) is 0 Å². The highest BCUT2D eigenvalue weighted by atomic mass is 15.0. The lowest BCUT2D eigenvalue weighted by Crippen LogP contribution is -2.03. The van der Waals surface area contributed by atoms with E-state index in [0.29, 0.717) is 16.7 Å². The predicted octanol–water partition coefficient (Wildman–Crippen LogP) is 12.3. The molecule has 11 rings (SSSR count). The molecule has 0 spiro atoms. The molecule has 0 N–H and O–H groups in total. The molecule has 0 aliphatic carbocycles. The van der Waals surface area contributed by atoms with Gasteiger partial charge >= 0.3 is 0 Å². The molecule has 8 aromatic carbocycles. The van der Waals surface area contributed by atoms with Gasteiger partial charge < -0.3 is 13.7 Å². The Morgan fingerprint density at radius 1 is 0.333 bits per heavy atom. The van der Waals surface area contributed by atoms with Crippen LogP contribution in [0.4, 0.5) is 0 Å². The van der Waals surface area contributed by atoms with Crippen LogP contribution < -0.4 is 0 Å². The van der Waals surface area contributed by atoms with Crippen LogP contribution >= 0.6 is 0 Å². The van der Waals surface area contributed by atoms with Crippen molar-refractivity contribution in [3.05, 3.63) is 187 Å². The third-order valence-corrected chi connectivity index (χ3v) is 11.3. The van der Waals surface area contributed by atoms with Gasteiger partial charge in [0.2, 0.25) is 0 Å². The summed E-state index contributed by atoms with van der Waals surface area (Å²) in [7, 11) is 0. The Morgan fingerprint density at radius 2 is 0.842 bits per heavy atom. The van der Waals surface area contributed by atoms with Crippen LogP contribution in [0.15, 0.2) is 170 Å². The molecule has 3 heterocycles. The molecular formula is C51H28N6.